The summed E-state index contributed by atoms with van der Waals surface area (Å²) in [7, 11) is 0. The van der Waals surface area contributed by atoms with Gasteiger partial charge in [-0.15, -0.1) is 16.4 Å². The van der Waals surface area contributed by atoms with Crippen LogP contribution < -0.4 is 11.1 Å². The molecule has 0 unspecified atom stereocenters. The molecule has 0 saturated carbocycles. The van der Waals surface area contributed by atoms with Crippen LogP contribution in [0.4, 0.5) is 10.9 Å². The third-order valence-corrected chi connectivity index (χ3v) is 6.49. The lowest BCUT2D eigenvalue weighted by Gasteiger charge is -2.18. The van der Waals surface area contributed by atoms with Gasteiger partial charge in [0, 0.05) is 4.88 Å². The average Bonchev–Trinajstić information content (AvgIpc) is 3.17. The van der Waals surface area contributed by atoms with Crippen molar-refractivity contribution in [3.63, 3.8) is 0 Å². The molecule has 1 aliphatic rings. The van der Waals surface area contributed by atoms with Gasteiger partial charge in [0.15, 0.2) is 0 Å². The van der Waals surface area contributed by atoms with Crippen LogP contribution in [0, 0.1) is 5.92 Å². The molecule has 10 heteroatoms. The van der Waals surface area contributed by atoms with E-state index in [1.165, 1.54) is 23.1 Å². The average molecular weight is 410 g/mol. The summed E-state index contributed by atoms with van der Waals surface area (Å²) in [5, 5.41) is 9.90. The van der Waals surface area contributed by atoms with Crippen LogP contribution in [0.15, 0.2) is 5.16 Å². The van der Waals surface area contributed by atoms with Gasteiger partial charge in [-0.1, -0.05) is 18.7 Å². The van der Waals surface area contributed by atoms with Crippen molar-refractivity contribution in [2.45, 2.75) is 50.4 Å². The maximum absolute atomic E-state index is 12.7. The van der Waals surface area contributed by atoms with Crippen molar-refractivity contribution in [1.82, 2.24) is 15.2 Å². The molecule has 0 saturated heterocycles. The smallest absolute Gasteiger partial charge is 0.341 e. The Morgan fingerprint density at radius 2 is 2.30 bits per heavy atom. The van der Waals surface area contributed by atoms with E-state index in [0.717, 1.165) is 29.7 Å². The molecule has 0 bridgehead atoms. The lowest BCUT2D eigenvalue weighted by atomic mass is 9.88. The molecule has 146 valence electrons. The molecule has 0 radical (unpaired) electrons. The van der Waals surface area contributed by atoms with E-state index in [9.17, 15) is 9.59 Å². The van der Waals surface area contributed by atoms with Crippen molar-refractivity contribution in [3.8, 4) is 0 Å². The van der Waals surface area contributed by atoms with E-state index >= 15 is 0 Å². The number of H-pyrrole nitrogens is 1. The number of aromatic nitrogens is 3. The number of aromatic amines is 1. The van der Waals surface area contributed by atoms with Gasteiger partial charge >= 0.3 is 5.97 Å². The standard InChI is InChI=1S/C17H23N5O3S2/c1-4-25-15(24)12-10-6-5-8(2)7-11(10)27-14(12)19-13(23)9(3)26-17-20-16(18)21-22-17/h8-9H,4-7H2,1-3H3,(H,19,23)(H3,18,20,21,22)/t8-,9-/m0/s1. The predicted octanol–water partition coefficient (Wildman–Crippen LogP) is 2.87. The van der Waals surface area contributed by atoms with Gasteiger partial charge in [-0.25, -0.2) is 9.89 Å². The Kier molecular flexibility index (Phi) is 6.05. The molecule has 27 heavy (non-hydrogen) atoms. The molecular formula is C17H23N5O3S2. The molecule has 0 aromatic carbocycles. The molecule has 0 aliphatic heterocycles. The maximum atomic E-state index is 12.7. The van der Waals surface area contributed by atoms with Gasteiger partial charge in [0.1, 0.15) is 5.00 Å². The Hall–Kier alpha value is -2.07. The van der Waals surface area contributed by atoms with E-state index in [4.69, 9.17) is 10.5 Å². The first kappa shape index (κ1) is 19.7. The van der Waals surface area contributed by atoms with Crippen molar-refractivity contribution in [2.24, 2.45) is 5.92 Å². The lowest BCUT2D eigenvalue weighted by Crippen LogP contribution is -2.23. The topological polar surface area (TPSA) is 123 Å². The lowest BCUT2D eigenvalue weighted by molar-refractivity contribution is -0.115. The van der Waals surface area contributed by atoms with E-state index < -0.39 is 5.25 Å². The van der Waals surface area contributed by atoms with Crippen LogP contribution in [0.25, 0.3) is 0 Å². The van der Waals surface area contributed by atoms with Gasteiger partial charge in [0.2, 0.25) is 17.0 Å². The van der Waals surface area contributed by atoms with Crippen molar-refractivity contribution in [2.75, 3.05) is 17.7 Å². The van der Waals surface area contributed by atoms with Crippen LogP contribution >= 0.6 is 23.1 Å². The van der Waals surface area contributed by atoms with Gasteiger partial charge in [-0.2, -0.15) is 4.98 Å². The van der Waals surface area contributed by atoms with E-state index in [-0.39, 0.29) is 17.8 Å². The van der Waals surface area contributed by atoms with E-state index in [0.29, 0.717) is 28.2 Å². The molecule has 0 spiro atoms. The van der Waals surface area contributed by atoms with Gasteiger partial charge in [0.25, 0.3) is 0 Å². The number of carbonyl (C=O) groups is 2. The summed E-state index contributed by atoms with van der Waals surface area (Å²) in [4.78, 5) is 30.3. The molecule has 2 heterocycles. The first-order valence-corrected chi connectivity index (χ1v) is 10.6. The second-order valence-electron chi connectivity index (χ2n) is 6.53. The van der Waals surface area contributed by atoms with Crippen molar-refractivity contribution < 1.29 is 14.3 Å². The highest BCUT2D eigenvalue weighted by atomic mass is 32.2. The summed E-state index contributed by atoms with van der Waals surface area (Å²) in [6.07, 6.45) is 2.78. The molecule has 1 aliphatic carbocycles. The third-order valence-electron chi connectivity index (χ3n) is 4.36. The van der Waals surface area contributed by atoms with Crippen LogP contribution in [0.1, 0.15) is 48.0 Å². The van der Waals surface area contributed by atoms with Crippen molar-refractivity contribution in [3.05, 3.63) is 16.0 Å². The number of anilines is 2. The minimum absolute atomic E-state index is 0.203. The number of esters is 1. The number of hydrogen-bond acceptors (Lipinski definition) is 8. The van der Waals surface area contributed by atoms with Gasteiger partial charge in [0.05, 0.1) is 17.4 Å². The van der Waals surface area contributed by atoms with E-state index in [1.807, 2.05) is 0 Å². The van der Waals surface area contributed by atoms with Gasteiger partial charge in [-0.05, 0) is 44.6 Å². The summed E-state index contributed by atoms with van der Waals surface area (Å²) >= 11 is 2.67. The zero-order valence-corrected chi connectivity index (χ0v) is 17.1. The monoisotopic (exact) mass is 409 g/mol. The molecule has 1 amide bonds. The minimum atomic E-state index is -0.451. The van der Waals surface area contributed by atoms with Crippen LogP contribution in [0.3, 0.4) is 0 Å². The Labute approximate surface area is 165 Å². The molecule has 2 aromatic heterocycles. The second-order valence-corrected chi connectivity index (χ2v) is 8.94. The van der Waals surface area contributed by atoms with E-state index in [1.54, 1.807) is 13.8 Å². The third kappa shape index (κ3) is 4.44. The van der Waals surface area contributed by atoms with Crippen molar-refractivity contribution >= 4 is 45.9 Å². The largest absolute Gasteiger partial charge is 0.462 e. The highest BCUT2D eigenvalue weighted by molar-refractivity contribution is 8.00. The molecule has 4 N–H and O–H groups in total. The highest BCUT2D eigenvalue weighted by Crippen LogP contribution is 2.40. The van der Waals surface area contributed by atoms with Crippen LogP contribution in [0.5, 0.6) is 0 Å². The van der Waals surface area contributed by atoms with Crippen LogP contribution in [-0.2, 0) is 22.4 Å². The van der Waals surface area contributed by atoms with Gasteiger partial charge < -0.3 is 15.8 Å². The number of nitrogen functional groups attached to an aromatic ring is 1. The number of nitrogens with zero attached hydrogens (tertiary/aromatic N) is 2. The molecule has 0 fully saturated rings. The number of thioether (sulfide) groups is 1. The number of nitrogens with one attached hydrogen (secondary N) is 2. The fourth-order valence-corrected chi connectivity index (χ4v) is 5.13. The Bertz CT molecular complexity index is 848. The summed E-state index contributed by atoms with van der Waals surface area (Å²) in [6, 6.07) is 0. The number of amides is 1. The summed E-state index contributed by atoms with van der Waals surface area (Å²) in [6.45, 7) is 6.03. The SMILES string of the molecule is CCOC(=O)c1c(NC(=O)[C@H](C)Sc2n[nH]c(N)n2)sc2c1CC[C@H](C)C2. The van der Waals surface area contributed by atoms with Crippen LogP contribution in [-0.4, -0.2) is 38.9 Å². The first-order valence-electron chi connectivity index (χ1n) is 8.86. The molecule has 3 rings (SSSR count). The number of hydrogen-bond donors (Lipinski definition) is 3. The molecular weight excluding hydrogens is 386 g/mol. The van der Waals surface area contributed by atoms with E-state index in [2.05, 4.69) is 27.4 Å². The predicted molar refractivity (Wildman–Crippen MR) is 106 cm³/mol. The summed E-state index contributed by atoms with van der Waals surface area (Å²) in [5.74, 6) is 0.178. The van der Waals surface area contributed by atoms with Crippen molar-refractivity contribution in [1.29, 1.82) is 0 Å². The zero-order chi connectivity index (χ0) is 19.6. The minimum Gasteiger partial charge on any atom is -0.462 e. The molecule has 2 aromatic rings. The van der Waals surface area contributed by atoms with Gasteiger partial charge in [-0.3, -0.25) is 4.79 Å². The quantitative estimate of drug-likeness (QED) is 0.495. The number of nitrogens with two attached hydrogens (primary N) is 1. The number of carbonyl (C=O) groups excluding carboxylic acids is 2. The number of fused-ring (bicyclic) bond motifs is 1. The molecule has 8 nitrogen and oxygen atoms in total. The highest BCUT2D eigenvalue weighted by Gasteiger charge is 2.30. The molecule has 2 atom stereocenters. The normalized spacial score (nSPS) is 17.2. The summed E-state index contributed by atoms with van der Waals surface area (Å²) < 4.78 is 5.23. The fourth-order valence-electron chi connectivity index (χ4n) is 2.99. The number of thiophene rings is 1. The fraction of sp³-hybridized carbons (Fsp3) is 0.529. The first-order chi connectivity index (χ1) is 12.9. The Balaban J connectivity index is 1.80. The second kappa shape index (κ2) is 8.30. The zero-order valence-electron chi connectivity index (χ0n) is 15.5. The van der Waals surface area contributed by atoms with Crippen LogP contribution in [0.2, 0.25) is 0 Å². The summed E-state index contributed by atoms with van der Waals surface area (Å²) in [5.41, 5.74) is 7.04. The Morgan fingerprint density at radius 3 is 2.96 bits per heavy atom. The Morgan fingerprint density at radius 1 is 1.52 bits per heavy atom. The number of ether oxygens (including phenoxy) is 1. The maximum Gasteiger partial charge on any atom is 0.341 e. The number of rotatable bonds is 6.